The van der Waals surface area contributed by atoms with E-state index in [2.05, 4.69) is 15.3 Å². The molecular formula is C19H21ClN2O5. The fourth-order valence-corrected chi connectivity index (χ4v) is 2.29. The minimum absolute atomic E-state index is 0.433. The molecule has 0 aliphatic carbocycles. The number of hydrogen-bond acceptors (Lipinski definition) is 6. The molecule has 0 atom stereocenters. The molecule has 0 saturated carbocycles. The number of amides is 1. The lowest BCUT2D eigenvalue weighted by Gasteiger charge is -2.12. The third kappa shape index (κ3) is 6.71. The van der Waals surface area contributed by atoms with Crippen molar-refractivity contribution in [2.45, 2.75) is 6.42 Å². The van der Waals surface area contributed by atoms with Gasteiger partial charge in [-0.05, 0) is 30.3 Å². The minimum Gasteiger partial charge on any atom is -0.493 e. The molecule has 2 aromatic rings. The quantitative estimate of drug-likeness (QED) is 0.398. The molecule has 0 unspecified atom stereocenters. The molecule has 0 aliphatic rings. The van der Waals surface area contributed by atoms with Gasteiger partial charge in [0, 0.05) is 17.0 Å². The van der Waals surface area contributed by atoms with Crippen LogP contribution < -0.4 is 19.6 Å². The Morgan fingerprint density at radius 3 is 2.48 bits per heavy atom. The van der Waals surface area contributed by atoms with Crippen LogP contribution in [0.1, 0.15) is 12.0 Å². The van der Waals surface area contributed by atoms with E-state index in [1.807, 2.05) is 24.3 Å². The molecule has 8 heteroatoms. The number of hydrazone groups is 1. The number of ether oxygens (including phenoxy) is 4. The summed E-state index contributed by atoms with van der Waals surface area (Å²) >= 11 is 6.00. The van der Waals surface area contributed by atoms with Gasteiger partial charge in [-0.15, -0.1) is 0 Å². The Balaban J connectivity index is 1.85. The molecule has 0 saturated heterocycles. The number of hydrogen-bond donors (Lipinski definition) is 1. The number of carbonyl (C=O) groups excluding carboxylic acids is 1. The first-order valence-corrected chi connectivity index (χ1v) is 8.57. The fourth-order valence-electron chi connectivity index (χ4n) is 2.11. The Morgan fingerprint density at radius 1 is 1.07 bits per heavy atom. The normalized spacial score (nSPS) is 10.5. The number of nitrogens with zero attached hydrogens (tertiary/aromatic N) is 1. The number of methoxy groups -OCH3 is 2. The Labute approximate surface area is 162 Å². The molecule has 0 radical (unpaired) electrons. The van der Waals surface area contributed by atoms with Gasteiger partial charge < -0.3 is 18.9 Å². The third-order valence-electron chi connectivity index (χ3n) is 3.39. The highest BCUT2D eigenvalue weighted by molar-refractivity contribution is 6.30. The first kappa shape index (κ1) is 20.4. The zero-order valence-corrected chi connectivity index (χ0v) is 15.9. The number of benzene rings is 2. The zero-order chi connectivity index (χ0) is 19.5. The maximum atomic E-state index is 11.0. The van der Waals surface area contributed by atoms with Crippen LogP contribution >= 0.6 is 11.6 Å². The summed E-state index contributed by atoms with van der Waals surface area (Å²) in [5, 5.41) is 4.32. The average Bonchev–Trinajstić information content (AvgIpc) is 2.69. The molecule has 2 rings (SSSR count). The Kier molecular flexibility index (Phi) is 8.25. The van der Waals surface area contributed by atoms with Crippen molar-refractivity contribution in [2.24, 2.45) is 5.10 Å². The number of para-hydroxylation sites is 2. The van der Waals surface area contributed by atoms with E-state index in [1.54, 1.807) is 25.3 Å². The first-order valence-electron chi connectivity index (χ1n) is 8.19. The van der Waals surface area contributed by atoms with E-state index in [0.29, 0.717) is 47.5 Å². The summed E-state index contributed by atoms with van der Waals surface area (Å²) in [6, 6.07) is 12.6. The molecule has 0 aliphatic heterocycles. The highest BCUT2D eigenvalue weighted by Crippen LogP contribution is 2.26. The standard InChI is InChI=1S/C19H21ClN2O5/c1-24-17-6-3-4-7-18(17)27-11-5-10-26-16-9-8-15(20)12-14(16)13-21-22-19(23)25-2/h3-4,6-9,12-13H,5,10-11H2,1-2H3,(H,22,23). The lowest BCUT2D eigenvalue weighted by Crippen LogP contribution is -2.16. The van der Waals surface area contributed by atoms with Gasteiger partial charge in [0.25, 0.3) is 0 Å². The topological polar surface area (TPSA) is 78.4 Å². The second-order valence-electron chi connectivity index (χ2n) is 5.25. The van der Waals surface area contributed by atoms with Crippen LogP contribution in [0.15, 0.2) is 47.6 Å². The van der Waals surface area contributed by atoms with Gasteiger partial charge in [-0.3, -0.25) is 0 Å². The van der Waals surface area contributed by atoms with Crippen LogP contribution in [0.2, 0.25) is 5.02 Å². The molecule has 0 bridgehead atoms. The van der Waals surface area contributed by atoms with Crippen LogP contribution in [0.5, 0.6) is 17.2 Å². The third-order valence-corrected chi connectivity index (χ3v) is 3.62. The lowest BCUT2D eigenvalue weighted by molar-refractivity contribution is 0.171. The molecule has 0 aromatic heterocycles. The van der Waals surface area contributed by atoms with E-state index in [4.69, 9.17) is 25.8 Å². The van der Waals surface area contributed by atoms with Gasteiger partial charge in [0.05, 0.1) is 33.6 Å². The van der Waals surface area contributed by atoms with E-state index in [-0.39, 0.29) is 0 Å². The van der Waals surface area contributed by atoms with E-state index >= 15 is 0 Å². The maximum absolute atomic E-state index is 11.0. The molecule has 144 valence electrons. The molecule has 2 aromatic carbocycles. The van der Waals surface area contributed by atoms with Crippen LogP contribution in [-0.4, -0.2) is 39.7 Å². The summed E-state index contributed by atoms with van der Waals surface area (Å²) in [5.41, 5.74) is 2.84. The van der Waals surface area contributed by atoms with Crippen molar-refractivity contribution in [1.82, 2.24) is 5.43 Å². The van der Waals surface area contributed by atoms with Gasteiger partial charge >= 0.3 is 6.09 Å². The summed E-state index contributed by atoms with van der Waals surface area (Å²) in [6.45, 7) is 0.906. The Hall–Kier alpha value is -2.93. The molecule has 0 spiro atoms. The van der Waals surface area contributed by atoms with Crippen molar-refractivity contribution in [3.8, 4) is 17.2 Å². The van der Waals surface area contributed by atoms with Gasteiger partial charge in [0.1, 0.15) is 5.75 Å². The summed E-state index contributed by atoms with van der Waals surface area (Å²) < 4.78 is 21.2. The second kappa shape index (κ2) is 10.9. The van der Waals surface area contributed by atoms with Crippen molar-refractivity contribution in [3.05, 3.63) is 53.1 Å². The maximum Gasteiger partial charge on any atom is 0.427 e. The van der Waals surface area contributed by atoms with E-state index in [0.717, 1.165) is 0 Å². The van der Waals surface area contributed by atoms with E-state index in [9.17, 15) is 4.79 Å². The minimum atomic E-state index is -0.663. The number of halogens is 1. The van der Waals surface area contributed by atoms with Crippen molar-refractivity contribution in [3.63, 3.8) is 0 Å². The predicted molar refractivity (Wildman–Crippen MR) is 103 cm³/mol. The molecular weight excluding hydrogens is 372 g/mol. The summed E-state index contributed by atoms with van der Waals surface area (Å²) in [5.74, 6) is 1.97. The van der Waals surface area contributed by atoms with Gasteiger partial charge in [-0.25, -0.2) is 10.2 Å². The number of rotatable bonds is 9. The van der Waals surface area contributed by atoms with Crippen LogP contribution in [-0.2, 0) is 4.74 Å². The monoisotopic (exact) mass is 392 g/mol. The fraction of sp³-hybridized carbons (Fsp3) is 0.263. The number of carbonyl (C=O) groups is 1. The van der Waals surface area contributed by atoms with Gasteiger partial charge in [0.2, 0.25) is 0 Å². The van der Waals surface area contributed by atoms with Gasteiger partial charge in [0.15, 0.2) is 11.5 Å². The van der Waals surface area contributed by atoms with E-state index < -0.39 is 6.09 Å². The molecule has 7 nitrogen and oxygen atoms in total. The van der Waals surface area contributed by atoms with Gasteiger partial charge in [-0.1, -0.05) is 23.7 Å². The number of nitrogens with one attached hydrogen (secondary N) is 1. The van der Waals surface area contributed by atoms with E-state index in [1.165, 1.54) is 13.3 Å². The Morgan fingerprint density at radius 2 is 1.78 bits per heavy atom. The van der Waals surface area contributed by atoms with Crippen molar-refractivity contribution in [2.75, 3.05) is 27.4 Å². The molecule has 27 heavy (non-hydrogen) atoms. The summed E-state index contributed by atoms with van der Waals surface area (Å²) in [4.78, 5) is 11.0. The van der Waals surface area contributed by atoms with Crippen molar-refractivity contribution >= 4 is 23.9 Å². The highest BCUT2D eigenvalue weighted by atomic mass is 35.5. The highest BCUT2D eigenvalue weighted by Gasteiger charge is 2.05. The van der Waals surface area contributed by atoms with Gasteiger partial charge in [-0.2, -0.15) is 5.10 Å². The van der Waals surface area contributed by atoms with Crippen LogP contribution in [0.4, 0.5) is 4.79 Å². The zero-order valence-electron chi connectivity index (χ0n) is 15.1. The summed E-state index contributed by atoms with van der Waals surface area (Å²) in [6.07, 6.45) is 1.44. The smallest absolute Gasteiger partial charge is 0.427 e. The predicted octanol–water partition coefficient (Wildman–Crippen LogP) is 3.89. The van der Waals surface area contributed by atoms with Crippen LogP contribution in [0, 0.1) is 0 Å². The van der Waals surface area contributed by atoms with Crippen molar-refractivity contribution in [1.29, 1.82) is 0 Å². The molecule has 1 N–H and O–H groups in total. The molecule has 0 heterocycles. The summed E-state index contributed by atoms with van der Waals surface area (Å²) in [7, 11) is 2.86. The largest absolute Gasteiger partial charge is 0.493 e. The van der Waals surface area contributed by atoms with Crippen LogP contribution in [0.25, 0.3) is 0 Å². The van der Waals surface area contributed by atoms with Crippen molar-refractivity contribution < 1.29 is 23.7 Å². The lowest BCUT2D eigenvalue weighted by atomic mass is 10.2. The molecule has 1 amide bonds. The first-order chi connectivity index (χ1) is 13.1. The molecule has 0 fully saturated rings. The van der Waals surface area contributed by atoms with Crippen LogP contribution in [0.3, 0.4) is 0 Å². The second-order valence-corrected chi connectivity index (χ2v) is 5.68. The SMILES string of the molecule is COC(=O)NN=Cc1cc(Cl)ccc1OCCCOc1ccccc1OC. The average molecular weight is 393 g/mol. The Bertz CT molecular complexity index is 782.